The van der Waals surface area contributed by atoms with E-state index in [2.05, 4.69) is 5.43 Å². The van der Waals surface area contributed by atoms with Crippen molar-refractivity contribution in [3.63, 3.8) is 0 Å². The molecule has 2 aromatic rings. The molecule has 0 spiro atoms. The molecule has 0 aliphatic carbocycles. The van der Waals surface area contributed by atoms with E-state index in [0.717, 1.165) is 5.56 Å². The second-order valence-corrected chi connectivity index (χ2v) is 4.92. The Labute approximate surface area is 122 Å². The molecule has 2 rings (SSSR count). The minimum Gasteiger partial charge on any atom is -0.494 e. The van der Waals surface area contributed by atoms with Crippen molar-refractivity contribution in [2.75, 3.05) is 7.11 Å². The third kappa shape index (κ3) is 3.56. The molecular formula is C16H18F2N2O. The smallest absolute Gasteiger partial charge is 0.168 e. The van der Waals surface area contributed by atoms with Gasteiger partial charge in [0, 0.05) is 0 Å². The quantitative estimate of drug-likeness (QED) is 0.658. The molecule has 3 nitrogen and oxygen atoms in total. The van der Waals surface area contributed by atoms with E-state index in [1.54, 1.807) is 25.1 Å². The van der Waals surface area contributed by atoms with Crippen LogP contribution >= 0.6 is 0 Å². The van der Waals surface area contributed by atoms with Gasteiger partial charge in [0.1, 0.15) is 5.82 Å². The normalized spacial score (nSPS) is 12.2. The summed E-state index contributed by atoms with van der Waals surface area (Å²) in [7, 11) is 1.41. The first-order chi connectivity index (χ1) is 10.0. The number of nitrogens with two attached hydrogens (primary N) is 1. The number of rotatable bonds is 5. The van der Waals surface area contributed by atoms with E-state index in [-0.39, 0.29) is 17.6 Å². The lowest BCUT2D eigenvalue weighted by molar-refractivity contribution is 0.382. The molecule has 2 aromatic carbocycles. The van der Waals surface area contributed by atoms with Crippen molar-refractivity contribution in [3.8, 4) is 5.75 Å². The summed E-state index contributed by atoms with van der Waals surface area (Å²) < 4.78 is 32.6. The van der Waals surface area contributed by atoms with Crippen LogP contribution in [-0.4, -0.2) is 7.11 Å². The molecule has 0 saturated carbocycles. The van der Waals surface area contributed by atoms with Crippen LogP contribution in [0.15, 0.2) is 36.4 Å². The first-order valence-corrected chi connectivity index (χ1v) is 6.59. The molecule has 0 amide bonds. The predicted molar refractivity (Wildman–Crippen MR) is 77.9 cm³/mol. The van der Waals surface area contributed by atoms with E-state index in [0.29, 0.717) is 17.5 Å². The molecule has 0 radical (unpaired) electrons. The van der Waals surface area contributed by atoms with Gasteiger partial charge in [-0.25, -0.2) is 8.78 Å². The van der Waals surface area contributed by atoms with Crippen molar-refractivity contribution in [2.45, 2.75) is 19.4 Å². The Bertz CT molecular complexity index is 611. The van der Waals surface area contributed by atoms with Crippen LogP contribution in [0.25, 0.3) is 0 Å². The maximum atomic E-state index is 14.2. The first kappa shape index (κ1) is 15.4. The first-order valence-electron chi connectivity index (χ1n) is 6.59. The molecular weight excluding hydrogens is 274 g/mol. The van der Waals surface area contributed by atoms with Crippen LogP contribution in [0, 0.1) is 18.6 Å². The number of hydrogen-bond acceptors (Lipinski definition) is 3. The summed E-state index contributed by atoms with van der Waals surface area (Å²) in [5.41, 5.74) is 4.54. The number of ether oxygens (including phenoxy) is 1. The predicted octanol–water partition coefficient (Wildman–Crippen LogP) is 3.03. The van der Waals surface area contributed by atoms with E-state index in [1.807, 2.05) is 6.07 Å². The van der Waals surface area contributed by atoms with Crippen LogP contribution in [0.5, 0.6) is 5.75 Å². The number of aryl methyl sites for hydroxylation is 1. The highest BCUT2D eigenvalue weighted by atomic mass is 19.1. The molecule has 3 N–H and O–H groups in total. The van der Waals surface area contributed by atoms with Crippen molar-refractivity contribution < 1.29 is 13.5 Å². The summed E-state index contributed by atoms with van der Waals surface area (Å²) in [5.74, 6) is 4.97. The molecule has 0 heterocycles. The van der Waals surface area contributed by atoms with Gasteiger partial charge in [-0.1, -0.05) is 18.2 Å². The second-order valence-electron chi connectivity index (χ2n) is 4.92. The zero-order chi connectivity index (χ0) is 15.4. The standard InChI is InChI=1S/C16H18F2N2O/c1-10-6-12(8-13(17)7-10)14(20-19)9-11-4-3-5-15(21-2)16(11)18/h3-8,14,20H,9,19H2,1-2H3. The Balaban J connectivity index is 2.31. The van der Waals surface area contributed by atoms with Gasteiger partial charge >= 0.3 is 0 Å². The third-order valence-corrected chi connectivity index (χ3v) is 3.36. The molecule has 0 aliphatic rings. The highest BCUT2D eigenvalue weighted by molar-refractivity contribution is 5.33. The maximum absolute atomic E-state index is 14.2. The fourth-order valence-electron chi connectivity index (χ4n) is 2.33. The van der Waals surface area contributed by atoms with Gasteiger partial charge in [0.15, 0.2) is 11.6 Å². The largest absolute Gasteiger partial charge is 0.494 e. The van der Waals surface area contributed by atoms with Crippen molar-refractivity contribution in [1.82, 2.24) is 5.43 Å². The highest BCUT2D eigenvalue weighted by Gasteiger charge is 2.16. The Morgan fingerprint density at radius 1 is 1.24 bits per heavy atom. The molecule has 0 aromatic heterocycles. The van der Waals surface area contributed by atoms with E-state index >= 15 is 0 Å². The average Bonchev–Trinajstić information content (AvgIpc) is 2.45. The average molecular weight is 292 g/mol. The number of nitrogens with one attached hydrogen (secondary N) is 1. The van der Waals surface area contributed by atoms with Gasteiger partial charge in [-0.15, -0.1) is 0 Å². The number of benzene rings is 2. The molecule has 0 aliphatic heterocycles. The van der Waals surface area contributed by atoms with Crippen LogP contribution in [0.1, 0.15) is 22.7 Å². The van der Waals surface area contributed by atoms with Crippen LogP contribution in [0.2, 0.25) is 0 Å². The summed E-state index contributed by atoms with van der Waals surface area (Å²) in [5, 5.41) is 0. The van der Waals surface area contributed by atoms with Gasteiger partial charge < -0.3 is 4.74 Å². The van der Waals surface area contributed by atoms with Crippen molar-refractivity contribution >= 4 is 0 Å². The number of hydrogen-bond donors (Lipinski definition) is 2. The van der Waals surface area contributed by atoms with E-state index in [9.17, 15) is 8.78 Å². The summed E-state index contributed by atoms with van der Waals surface area (Å²) in [6, 6.07) is 9.19. The second kappa shape index (κ2) is 6.65. The summed E-state index contributed by atoms with van der Waals surface area (Å²) >= 11 is 0. The van der Waals surface area contributed by atoms with Gasteiger partial charge in [0.25, 0.3) is 0 Å². The maximum Gasteiger partial charge on any atom is 0.168 e. The summed E-state index contributed by atoms with van der Waals surface area (Å²) in [4.78, 5) is 0. The lowest BCUT2D eigenvalue weighted by atomic mass is 9.97. The Morgan fingerprint density at radius 3 is 2.62 bits per heavy atom. The van der Waals surface area contributed by atoms with E-state index < -0.39 is 5.82 Å². The zero-order valence-electron chi connectivity index (χ0n) is 12.0. The van der Waals surface area contributed by atoms with E-state index in [1.165, 1.54) is 19.2 Å². The van der Waals surface area contributed by atoms with Crippen LogP contribution < -0.4 is 16.0 Å². The lowest BCUT2D eigenvalue weighted by Crippen LogP contribution is -2.30. The highest BCUT2D eigenvalue weighted by Crippen LogP contribution is 2.25. The molecule has 5 heteroatoms. The monoisotopic (exact) mass is 292 g/mol. The van der Waals surface area contributed by atoms with Gasteiger partial charge in [-0.2, -0.15) is 0 Å². The Hall–Kier alpha value is -1.98. The van der Waals surface area contributed by atoms with Gasteiger partial charge in [0.2, 0.25) is 0 Å². The molecule has 0 fully saturated rings. The molecule has 1 atom stereocenters. The Morgan fingerprint density at radius 2 is 2.00 bits per heavy atom. The number of methoxy groups -OCH3 is 1. The SMILES string of the molecule is COc1cccc(CC(NN)c2cc(C)cc(F)c2)c1F. The van der Waals surface area contributed by atoms with Crippen molar-refractivity contribution in [3.05, 3.63) is 64.7 Å². The van der Waals surface area contributed by atoms with Crippen molar-refractivity contribution in [1.29, 1.82) is 0 Å². The molecule has 1 unspecified atom stereocenters. The minimum atomic E-state index is -0.423. The third-order valence-electron chi connectivity index (χ3n) is 3.36. The van der Waals surface area contributed by atoms with Crippen LogP contribution in [0.3, 0.4) is 0 Å². The molecule has 0 saturated heterocycles. The summed E-state index contributed by atoms with van der Waals surface area (Å²) in [6.45, 7) is 1.80. The van der Waals surface area contributed by atoms with Crippen molar-refractivity contribution in [2.24, 2.45) is 5.84 Å². The number of hydrazine groups is 1. The Kier molecular flexibility index (Phi) is 4.88. The fourth-order valence-corrected chi connectivity index (χ4v) is 2.33. The topological polar surface area (TPSA) is 47.3 Å². The van der Waals surface area contributed by atoms with E-state index in [4.69, 9.17) is 10.6 Å². The lowest BCUT2D eigenvalue weighted by Gasteiger charge is -2.18. The minimum absolute atomic E-state index is 0.179. The molecule has 21 heavy (non-hydrogen) atoms. The molecule has 0 bridgehead atoms. The van der Waals surface area contributed by atoms with Gasteiger partial charge in [-0.3, -0.25) is 11.3 Å². The summed E-state index contributed by atoms with van der Waals surface area (Å²) in [6.07, 6.45) is 0.294. The van der Waals surface area contributed by atoms with Crippen LogP contribution in [0.4, 0.5) is 8.78 Å². The van der Waals surface area contributed by atoms with Crippen LogP contribution in [-0.2, 0) is 6.42 Å². The number of halogens is 2. The molecule has 112 valence electrons. The van der Waals surface area contributed by atoms with Gasteiger partial charge in [-0.05, 0) is 48.2 Å². The van der Waals surface area contributed by atoms with Gasteiger partial charge in [0.05, 0.1) is 13.2 Å². The fraction of sp³-hybridized carbons (Fsp3) is 0.250. The zero-order valence-corrected chi connectivity index (χ0v) is 12.0.